The second-order valence-electron chi connectivity index (χ2n) is 7.14. The molecule has 1 aromatic carbocycles. The monoisotopic (exact) mass is 404 g/mol. The molecule has 1 amide bonds. The lowest BCUT2D eigenvalue weighted by molar-refractivity contribution is -0.131. The van der Waals surface area contributed by atoms with Crippen LogP contribution in [0.2, 0.25) is 0 Å². The van der Waals surface area contributed by atoms with Gasteiger partial charge in [0.15, 0.2) is 5.82 Å². The summed E-state index contributed by atoms with van der Waals surface area (Å²) in [6.07, 6.45) is 3.01. The number of nitrogens with zero attached hydrogens (tertiary/aromatic N) is 3. The Morgan fingerprint density at radius 1 is 1.36 bits per heavy atom. The van der Waals surface area contributed by atoms with Crippen molar-refractivity contribution in [1.82, 2.24) is 19.7 Å². The fourth-order valence-corrected chi connectivity index (χ4v) is 4.07. The molecule has 2 aliphatic rings. The van der Waals surface area contributed by atoms with Gasteiger partial charge in [-0.1, -0.05) is 15.9 Å². The number of likely N-dealkylation sites (tertiary alicyclic amines) is 1. The number of H-pyrrole nitrogens is 1. The number of hydrogen-bond donors (Lipinski definition) is 1. The first kappa shape index (κ1) is 16.6. The quantitative estimate of drug-likeness (QED) is 0.850. The Labute approximate surface area is 154 Å². The van der Waals surface area contributed by atoms with Crippen LogP contribution in [0.5, 0.6) is 0 Å². The fourth-order valence-electron chi connectivity index (χ4n) is 3.60. The number of nitrogens with one attached hydrogen (secondary N) is 1. The van der Waals surface area contributed by atoms with Gasteiger partial charge in [0.2, 0.25) is 5.91 Å². The third kappa shape index (κ3) is 3.29. The van der Waals surface area contributed by atoms with Crippen LogP contribution in [0.1, 0.15) is 24.8 Å². The number of rotatable bonds is 4. The van der Waals surface area contributed by atoms with Crippen LogP contribution < -0.4 is 5.69 Å². The van der Waals surface area contributed by atoms with Crippen molar-refractivity contribution in [3.63, 3.8) is 0 Å². The van der Waals surface area contributed by atoms with Crippen LogP contribution in [-0.2, 0) is 11.3 Å². The molecule has 132 valence electrons. The molecule has 2 aromatic rings. The molecule has 1 saturated carbocycles. The van der Waals surface area contributed by atoms with Crippen molar-refractivity contribution >= 4 is 21.8 Å². The summed E-state index contributed by atoms with van der Waals surface area (Å²) < 4.78 is 2.72. The van der Waals surface area contributed by atoms with Gasteiger partial charge in [-0.3, -0.25) is 9.36 Å². The molecule has 1 saturated heterocycles. The van der Waals surface area contributed by atoms with E-state index in [-0.39, 0.29) is 11.6 Å². The molecule has 2 heterocycles. The zero-order valence-corrected chi connectivity index (χ0v) is 15.8. The molecular weight excluding hydrogens is 384 g/mol. The minimum atomic E-state index is -0.190. The summed E-state index contributed by atoms with van der Waals surface area (Å²) in [4.78, 5) is 26.5. The van der Waals surface area contributed by atoms with Crippen LogP contribution in [0.3, 0.4) is 0 Å². The average molecular weight is 405 g/mol. The molecule has 0 spiro atoms. The van der Waals surface area contributed by atoms with Gasteiger partial charge >= 0.3 is 5.69 Å². The SMILES string of the molecule is Cc1cc(Br)ccc1-c1n[nH]c(=O)n1C[C@@H]1CCN(C(=O)C2CC2)C1. The summed E-state index contributed by atoms with van der Waals surface area (Å²) in [5, 5.41) is 6.82. The van der Waals surface area contributed by atoms with Crippen molar-refractivity contribution in [2.75, 3.05) is 13.1 Å². The van der Waals surface area contributed by atoms with Gasteiger partial charge < -0.3 is 4.90 Å². The summed E-state index contributed by atoms with van der Waals surface area (Å²) in [5.41, 5.74) is 1.82. The highest BCUT2D eigenvalue weighted by Crippen LogP contribution is 2.33. The lowest BCUT2D eigenvalue weighted by Gasteiger charge is -2.17. The molecule has 6 nitrogen and oxygen atoms in total. The predicted octanol–water partition coefficient (Wildman–Crippen LogP) is 2.57. The number of aromatic nitrogens is 3. The van der Waals surface area contributed by atoms with E-state index in [0.717, 1.165) is 48.0 Å². The third-order valence-corrected chi connectivity index (χ3v) is 5.65. The maximum atomic E-state index is 12.3. The molecule has 0 radical (unpaired) electrons. The van der Waals surface area contributed by atoms with E-state index < -0.39 is 0 Å². The van der Waals surface area contributed by atoms with E-state index in [1.165, 1.54) is 0 Å². The standard InChI is InChI=1S/C18H21BrN4O2/c1-11-8-14(19)4-5-15(11)16-20-21-18(25)23(16)10-12-6-7-22(9-12)17(24)13-2-3-13/h4-5,8,12-13H,2-3,6-7,9-10H2,1H3,(H,21,25)/t12-/m1/s1. The molecule has 7 heteroatoms. The van der Waals surface area contributed by atoms with Crippen molar-refractivity contribution in [2.24, 2.45) is 11.8 Å². The predicted molar refractivity (Wildman–Crippen MR) is 98.1 cm³/mol. The van der Waals surface area contributed by atoms with E-state index in [1.807, 2.05) is 30.0 Å². The number of aromatic amines is 1. The molecule has 1 atom stereocenters. The van der Waals surface area contributed by atoms with Gasteiger partial charge in [-0.25, -0.2) is 9.89 Å². The Morgan fingerprint density at radius 3 is 2.88 bits per heavy atom. The van der Waals surface area contributed by atoms with Crippen molar-refractivity contribution in [3.05, 3.63) is 38.7 Å². The van der Waals surface area contributed by atoms with E-state index in [4.69, 9.17) is 0 Å². The topological polar surface area (TPSA) is 71.0 Å². The first-order valence-electron chi connectivity index (χ1n) is 8.73. The van der Waals surface area contributed by atoms with E-state index in [9.17, 15) is 9.59 Å². The summed E-state index contributed by atoms with van der Waals surface area (Å²) in [6, 6.07) is 5.95. The number of benzene rings is 1. The van der Waals surface area contributed by atoms with Crippen LogP contribution in [-0.4, -0.2) is 38.7 Å². The molecule has 2 fully saturated rings. The molecule has 0 unspecified atom stereocenters. The van der Waals surface area contributed by atoms with Crippen LogP contribution in [0, 0.1) is 18.8 Å². The Bertz CT molecular complexity index is 868. The maximum Gasteiger partial charge on any atom is 0.343 e. The van der Waals surface area contributed by atoms with E-state index >= 15 is 0 Å². The summed E-state index contributed by atoms with van der Waals surface area (Å²) in [5.74, 6) is 1.52. The Balaban J connectivity index is 1.54. The van der Waals surface area contributed by atoms with Gasteiger partial charge in [-0.2, -0.15) is 5.10 Å². The molecule has 4 rings (SSSR count). The van der Waals surface area contributed by atoms with Crippen molar-refractivity contribution in [3.8, 4) is 11.4 Å². The lowest BCUT2D eigenvalue weighted by Crippen LogP contribution is -2.31. The van der Waals surface area contributed by atoms with Gasteiger partial charge in [0.25, 0.3) is 0 Å². The van der Waals surface area contributed by atoms with E-state index in [2.05, 4.69) is 26.1 Å². The maximum absolute atomic E-state index is 12.3. The van der Waals surface area contributed by atoms with Gasteiger partial charge in [0.1, 0.15) is 0 Å². The minimum Gasteiger partial charge on any atom is -0.342 e. The number of carbonyl (C=O) groups excluding carboxylic acids is 1. The Hall–Kier alpha value is -1.89. The second-order valence-corrected chi connectivity index (χ2v) is 8.05. The minimum absolute atomic E-state index is 0.190. The molecule has 1 aliphatic carbocycles. The molecule has 1 aliphatic heterocycles. The molecule has 0 bridgehead atoms. The van der Waals surface area contributed by atoms with Crippen molar-refractivity contribution in [1.29, 1.82) is 0 Å². The van der Waals surface area contributed by atoms with E-state index in [0.29, 0.717) is 24.2 Å². The number of amides is 1. The Morgan fingerprint density at radius 2 is 2.16 bits per heavy atom. The van der Waals surface area contributed by atoms with Gasteiger partial charge in [0.05, 0.1) is 0 Å². The number of halogens is 1. The number of aryl methyl sites for hydroxylation is 1. The zero-order valence-electron chi connectivity index (χ0n) is 14.2. The largest absolute Gasteiger partial charge is 0.343 e. The second kappa shape index (κ2) is 6.44. The first-order valence-corrected chi connectivity index (χ1v) is 9.52. The van der Waals surface area contributed by atoms with Crippen LogP contribution >= 0.6 is 15.9 Å². The van der Waals surface area contributed by atoms with Gasteiger partial charge in [0, 0.05) is 35.6 Å². The number of carbonyl (C=O) groups is 1. The average Bonchev–Trinajstić information content (AvgIpc) is 3.23. The van der Waals surface area contributed by atoms with Crippen molar-refractivity contribution in [2.45, 2.75) is 32.7 Å². The highest BCUT2D eigenvalue weighted by molar-refractivity contribution is 9.10. The zero-order chi connectivity index (χ0) is 17.6. The molecule has 1 N–H and O–H groups in total. The molecule has 25 heavy (non-hydrogen) atoms. The molecule has 1 aromatic heterocycles. The summed E-state index contributed by atoms with van der Waals surface area (Å²) >= 11 is 3.47. The number of hydrogen-bond acceptors (Lipinski definition) is 3. The third-order valence-electron chi connectivity index (χ3n) is 5.15. The summed E-state index contributed by atoms with van der Waals surface area (Å²) in [7, 11) is 0. The van der Waals surface area contributed by atoms with Crippen molar-refractivity contribution < 1.29 is 4.79 Å². The smallest absolute Gasteiger partial charge is 0.342 e. The van der Waals surface area contributed by atoms with E-state index in [1.54, 1.807) is 4.57 Å². The van der Waals surface area contributed by atoms with Gasteiger partial charge in [-0.15, -0.1) is 0 Å². The Kier molecular flexibility index (Phi) is 4.27. The summed E-state index contributed by atoms with van der Waals surface area (Å²) in [6.45, 7) is 4.15. The van der Waals surface area contributed by atoms with Crippen LogP contribution in [0.4, 0.5) is 0 Å². The highest BCUT2D eigenvalue weighted by atomic mass is 79.9. The first-order chi connectivity index (χ1) is 12.0. The fraction of sp³-hybridized carbons (Fsp3) is 0.500. The highest BCUT2D eigenvalue weighted by Gasteiger charge is 2.36. The van der Waals surface area contributed by atoms with Crippen LogP contribution in [0.15, 0.2) is 27.5 Å². The van der Waals surface area contributed by atoms with Crippen LogP contribution in [0.25, 0.3) is 11.4 Å². The normalized spacial score (nSPS) is 20.2. The van der Waals surface area contributed by atoms with Gasteiger partial charge in [-0.05, 0) is 55.9 Å². The lowest BCUT2D eigenvalue weighted by atomic mass is 10.1. The molecular formula is C18H21BrN4O2.